The number of para-hydroxylation sites is 1. The quantitative estimate of drug-likeness (QED) is 0.241. The lowest BCUT2D eigenvalue weighted by Crippen LogP contribution is -2.50. The largest absolute Gasteiger partial charge is 0.394 e. The Kier molecular flexibility index (Phi) is 5.29. The van der Waals surface area contributed by atoms with Gasteiger partial charge in [0.05, 0.1) is 42.4 Å². The van der Waals surface area contributed by atoms with Gasteiger partial charge in [-0.2, -0.15) is 5.10 Å². The second-order valence-corrected chi connectivity index (χ2v) is 7.69. The number of hydrogen-bond donors (Lipinski definition) is 3. The number of pyridine rings is 1. The number of carbonyl (C=O) groups is 2. The van der Waals surface area contributed by atoms with E-state index in [-0.39, 0.29) is 0 Å². The van der Waals surface area contributed by atoms with Crippen LogP contribution in [0.1, 0.15) is 26.4 Å². The predicted molar refractivity (Wildman–Crippen MR) is 125 cm³/mol. The SMILES string of the molecule is O=C1c2cccc3c(N/N=C/c4ccc5ccccc5n4)ccc(c23)C(=O)N1C(CO)CO. The molecular weight excluding hydrogens is 420 g/mol. The first-order valence-electron chi connectivity index (χ1n) is 10.4. The molecule has 1 aliphatic heterocycles. The van der Waals surface area contributed by atoms with Crippen molar-refractivity contribution in [2.75, 3.05) is 18.6 Å². The molecule has 4 aromatic rings. The zero-order valence-corrected chi connectivity index (χ0v) is 17.5. The first kappa shape index (κ1) is 20.7. The zero-order chi connectivity index (χ0) is 22.9. The van der Waals surface area contributed by atoms with Crippen LogP contribution in [0.15, 0.2) is 71.8 Å². The average Bonchev–Trinajstić information content (AvgIpc) is 2.85. The maximum absolute atomic E-state index is 13.0. The first-order valence-corrected chi connectivity index (χ1v) is 10.4. The Hall–Kier alpha value is -4.14. The van der Waals surface area contributed by atoms with Crippen LogP contribution in [0.3, 0.4) is 0 Å². The van der Waals surface area contributed by atoms with Crippen molar-refractivity contribution in [2.24, 2.45) is 5.10 Å². The highest BCUT2D eigenvalue weighted by molar-refractivity contribution is 6.27. The van der Waals surface area contributed by atoms with E-state index in [1.807, 2.05) is 36.4 Å². The minimum absolute atomic E-state index is 0.331. The van der Waals surface area contributed by atoms with E-state index in [0.29, 0.717) is 33.3 Å². The van der Waals surface area contributed by atoms with Crippen molar-refractivity contribution in [2.45, 2.75) is 6.04 Å². The molecule has 33 heavy (non-hydrogen) atoms. The maximum atomic E-state index is 13.0. The monoisotopic (exact) mass is 440 g/mol. The van der Waals surface area contributed by atoms with Crippen LogP contribution in [-0.4, -0.2) is 57.4 Å². The topological polar surface area (TPSA) is 115 Å². The van der Waals surface area contributed by atoms with Crippen LogP contribution in [0, 0.1) is 0 Å². The number of imide groups is 1. The summed E-state index contributed by atoms with van der Waals surface area (Å²) in [5, 5.41) is 25.5. The van der Waals surface area contributed by atoms with Gasteiger partial charge in [-0.25, -0.2) is 4.98 Å². The van der Waals surface area contributed by atoms with Crippen LogP contribution in [-0.2, 0) is 0 Å². The Balaban J connectivity index is 1.49. The normalized spacial score (nSPS) is 13.6. The summed E-state index contributed by atoms with van der Waals surface area (Å²) in [5.74, 6) is -1.10. The van der Waals surface area contributed by atoms with Gasteiger partial charge >= 0.3 is 0 Å². The van der Waals surface area contributed by atoms with Crippen LogP contribution in [0.5, 0.6) is 0 Å². The molecule has 8 nitrogen and oxygen atoms in total. The summed E-state index contributed by atoms with van der Waals surface area (Å²) >= 11 is 0. The predicted octanol–water partition coefficient (Wildman–Crippen LogP) is 2.78. The van der Waals surface area contributed by atoms with Gasteiger partial charge < -0.3 is 10.2 Å². The Bertz CT molecular complexity index is 1410. The molecule has 1 aromatic heterocycles. The molecule has 0 spiro atoms. The van der Waals surface area contributed by atoms with Crippen LogP contribution in [0.25, 0.3) is 21.7 Å². The third-order valence-corrected chi connectivity index (χ3v) is 5.73. The fourth-order valence-corrected chi connectivity index (χ4v) is 4.09. The number of aliphatic hydroxyl groups excluding tert-OH is 2. The van der Waals surface area contributed by atoms with Crippen molar-refractivity contribution < 1.29 is 19.8 Å². The summed E-state index contributed by atoms with van der Waals surface area (Å²) in [5.41, 5.74) is 5.83. The van der Waals surface area contributed by atoms with Crippen molar-refractivity contribution in [1.82, 2.24) is 9.88 Å². The fraction of sp³-hybridized carbons (Fsp3) is 0.120. The number of hydrogen-bond acceptors (Lipinski definition) is 7. The molecule has 164 valence electrons. The summed E-state index contributed by atoms with van der Waals surface area (Å²) in [6.45, 7) is -1.03. The average molecular weight is 440 g/mol. The molecule has 2 heterocycles. The summed E-state index contributed by atoms with van der Waals surface area (Å²) in [4.78, 5) is 31.5. The number of anilines is 1. The highest BCUT2D eigenvalue weighted by atomic mass is 16.3. The van der Waals surface area contributed by atoms with Gasteiger partial charge in [0.1, 0.15) is 0 Å². The Labute approximate surface area is 188 Å². The summed E-state index contributed by atoms with van der Waals surface area (Å²) in [7, 11) is 0. The standard InChI is InChI=1S/C25H20N4O4/c30-13-17(14-31)29-24(32)19-6-3-5-18-22(11-10-20(23(18)19)25(29)33)28-26-12-16-9-8-15-4-1-2-7-21(15)27-16/h1-12,17,28,30-31H,13-14H2/b26-12+. The molecular formula is C25H20N4O4. The number of benzene rings is 3. The minimum atomic E-state index is -0.995. The lowest BCUT2D eigenvalue weighted by molar-refractivity contribution is 0.0375. The Morgan fingerprint density at radius 1 is 0.909 bits per heavy atom. The number of hydrazone groups is 1. The highest BCUT2D eigenvalue weighted by Gasteiger charge is 2.37. The van der Waals surface area contributed by atoms with Gasteiger partial charge in [-0.05, 0) is 30.3 Å². The summed E-state index contributed by atoms with van der Waals surface area (Å²) in [6.07, 6.45) is 1.60. The first-order chi connectivity index (χ1) is 16.1. The second kappa shape index (κ2) is 8.42. The molecule has 2 amide bonds. The smallest absolute Gasteiger partial charge is 0.261 e. The molecule has 0 unspecified atom stereocenters. The molecule has 0 fully saturated rings. The Morgan fingerprint density at radius 2 is 1.67 bits per heavy atom. The van der Waals surface area contributed by atoms with Gasteiger partial charge in [-0.3, -0.25) is 19.9 Å². The number of aromatic nitrogens is 1. The van der Waals surface area contributed by atoms with Gasteiger partial charge in [-0.1, -0.05) is 36.4 Å². The van der Waals surface area contributed by atoms with Crippen molar-refractivity contribution in [1.29, 1.82) is 0 Å². The fourth-order valence-electron chi connectivity index (χ4n) is 4.09. The number of amides is 2. The minimum Gasteiger partial charge on any atom is -0.394 e. The second-order valence-electron chi connectivity index (χ2n) is 7.69. The molecule has 0 atom stereocenters. The Morgan fingerprint density at radius 3 is 2.45 bits per heavy atom. The molecule has 5 rings (SSSR count). The third-order valence-electron chi connectivity index (χ3n) is 5.73. The van der Waals surface area contributed by atoms with Gasteiger partial charge in [-0.15, -0.1) is 0 Å². The van der Waals surface area contributed by atoms with E-state index >= 15 is 0 Å². The zero-order valence-electron chi connectivity index (χ0n) is 17.5. The van der Waals surface area contributed by atoms with Crippen LogP contribution >= 0.6 is 0 Å². The molecule has 0 saturated carbocycles. The molecule has 3 N–H and O–H groups in total. The van der Waals surface area contributed by atoms with Crippen molar-refractivity contribution >= 4 is 45.4 Å². The van der Waals surface area contributed by atoms with Crippen molar-refractivity contribution in [3.05, 3.63) is 83.6 Å². The number of rotatable bonds is 6. The lowest BCUT2D eigenvalue weighted by Gasteiger charge is -2.32. The van der Waals surface area contributed by atoms with Gasteiger partial charge in [0.2, 0.25) is 0 Å². The van der Waals surface area contributed by atoms with Gasteiger partial charge in [0.15, 0.2) is 0 Å². The highest BCUT2D eigenvalue weighted by Crippen LogP contribution is 2.35. The molecule has 0 bridgehead atoms. The van der Waals surface area contributed by atoms with E-state index in [1.54, 1.807) is 36.5 Å². The number of nitrogens with one attached hydrogen (secondary N) is 1. The van der Waals surface area contributed by atoms with Gasteiger partial charge in [0.25, 0.3) is 11.8 Å². The lowest BCUT2D eigenvalue weighted by atomic mass is 9.92. The van der Waals surface area contributed by atoms with E-state index in [1.165, 1.54) is 0 Å². The number of fused-ring (bicyclic) bond motifs is 1. The number of carbonyl (C=O) groups excluding carboxylic acids is 2. The van der Waals surface area contributed by atoms with Crippen LogP contribution in [0.2, 0.25) is 0 Å². The number of nitrogens with zero attached hydrogens (tertiary/aromatic N) is 3. The molecule has 8 heteroatoms. The summed E-state index contributed by atoms with van der Waals surface area (Å²) in [6, 6.07) is 19.1. The molecule has 0 saturated heterocycles. The van der Waals surface area contributed by atoms with E-state index in [0.717, 1.165) is 15.8 Å². The van der Waals surface area contributed by atoms with Crippen LogP contribution < -0.4 is 5.43 Å². The molecule has 0 radical (unpaired) electrons. The molecule has 0 aliphatic carbocycles. The molecule has 1 aliphatic rings. The third kappa shape index (κ3) is 3.51. The van der Waals surface area contributed by atoms with Crippen molar-refractivity contribution in [3.8, 4) is 0 Å². The van der Waals surface area contributed by atoms with Crippen molar-refractivity contribution in [3.63, 3.8) is 0 Å². The van der Waals surface area contributed by atoms with E-state index in [2.05, 4.69) is 15.5 Å². The van der Waals surface area contributed by atoms with E-state index in [9.17, 15) is 19.8 Å². The number of aliphatic hydroxyl groups is 2. The molecule has 3 aromatic carbocycles. The van der Waals surface area contributed by atoms with E-state index in [4.69, 9.17) is 0 Å². The maximum Gasteiger partial charge on any atom is 0.261 e. The van der Waals surface area contributed by atoms with E-state index < -0.39 is 31.1 Å². The van der Waals surface area contributed by atoms with Gasteiger partial charge in [0, 0.05) is 27.3 Å². The summed E-state index contributed by atoms with van der Waals surface area (Å²) < 4.78 is 0. The van der Waals surface area contributed by atoms with Crippen LogP contribution in [0.4, 0.5) is 5.69 Å².